The van der Waals surface area contributed by atoms with Gasteiger partial charge in [0.25, 0.3) is 5.91 Å². The fraction of sp³-hybridized carbons (Fsp3) is 0.471. The number of halogens is 1. The second-order valence-corrected chi connectivity index (χ2v) is 6.59. The zero-order valence-electron chi connectivity index (χ0n) is 13.8. The largest absolute Gasteiger partial charge is 0.337 e. The van der Waals surface area contributed by atoms with Crippen LogP contribution in [0.15, 0.2) is 24.3 Å². The smallest absolute Gasteiger partial charge is 0.276 e. The highest BCUT2D eigenvalue weighted by molar-refractivity contribution is 6.30. The van der Waals surface area contributed by atoms with Crippen LogP contribution in [0.4, 0.5) is 0 Å². The van der Waals surface area contributed by atoms with E-state index in [1.165, 1.54) is 0 Å². The van der Waals surface area contributed by atoms with E-state index in [0.29, 0.717) is 23.8 Å². The first-order valence-electron chi connectivity index (χ1n) is 8.35. The summed E-state index contributed by atoms with van der Waals surface area (Å²) in [7, 11) is 0. The van der Waals surface area contributed by atoms with Crippen LogP contribution in [0.3, 0.4) is 0 Å². The molecule has 6 nitrogen and oxygen atoms in total. The first-order valence-corrected chi connectivity index (χ1v) is 8.73. The molecule has 128 valence electrons. The third kappa shape index (κ3) is 3.44. The number of likely N-dealkylation sites (tertiary alicyclic amines) is 1. The Labute approximate surface area is 146 Å². The van der Waals surface area contributed by atoms with E-state index in [1.54, 1.807) is 4.68 Å². The molecule has 1 aromatic heterocycles. The average molecular weight is 348 g/mol. The summed E-state index contributed by atoms with van der Waals surface area (Å²) in [5.41, 5.74) is 8.01. The van der Waals surface area contributed by atoms with Crippen molar-refractivity contribution in [1.82, 2.24) is 19.9 Å². The summed E-state index contributed by atoms with van der Waals surface area (Å²) in [5, 5.41) is 9.02. The highest BCUT2D eigenvalue weighted by Gasteiger charge is 2.27. The summed E-state index contributed by atoms with van der Waals surface area (Å²) in [4.78, 5) is 14.7. The van der Waals surface area contributed by atoms with Crippen molar-refractivity contribution >= 4 is 17.5 Å². The van der Waals surface area contributed by atoms with Gasteiger partial charge in [0.1, 0.15) is 0 Å². The molecule has 0 unspecified atom stereocenters. The third-order valence-corrected chi connectivity index (χ3v) is 4.57. The van der Waals surface area contributed by atoms with Gasteiger partial charge in [-0.05, 0) is 37.5 Å². The molecular weight excluding hydrogens is 326 g/mol. The van der Waals surface area contributed by atoms with Crippen molar-refractivity contribution in [1.29, 1.82) is 0 Å². The molecule has 3 rings (SSSR count). The minimum absolute atomic E-state index is 0.0568. The molecule has 0 saturated carbocycles. The van der Waals surface area contributed by atoms with E-state index < -0.39 is 0 Å². The van der Waals surface area contributed by atoms with E-state index in [9.17, 15) is 4.79 Å². The van der Waals surface area contributed by atoms with E-state index in [0.717, 1.165) is 37.1 Å². The van der Waals surface area contributed by atoms with Crippen molar-refractivity contribution in [3.05, 3.63) is 40.7 Å². The fourth-order valence-electron chi connectivity index (χ4n) is 3.00. The summed E-state index contributed by atoms with van der Waals surface area (Å²) in [6, 6.07) is 7.59. The Balaban J connectivity index is 1.92. The number of hydrogen-bond donors (Lipinski definition) is 1. The molecule has 2 heterocycles. The average Bonchev–Trinajstić information content (AvgIpc) is 2.99. The number of benzene rings is 1. The normalized spacial score (nSPS) is 15.7. The molecule has 1 aliphatic heterocycles. The SMILES string of the molecule is CCCc1c(C(=O)N2CCC(N)CC2)nnn1-c1cccc(Cl)c1. The van der Waals surface area contributed by atoms with Gasteiger partial charge in [0.15, 0.2) is 5.69 Å². The second kappa shape index (κ2) is 7.32. The van der Waals surface area contributed by atoms with Gasteiger partial charge in [0.2, 0.25) is 0 Å². The number of hydrogen-bond acceptors (Lipinski definition) is 4. The predicted octanol–water partition coefficient (Wildman–Crippen LogP) is 2.44. The third-order valence-electron chi connectivity index (χ3n) is 4.33. The molecule has 1 aliphatic rings. The number of nitrogens with two attached hydrogens (primary N) is 1. The number of carbonyl (C=O) groups is 1. The number of aromatic nitrogens is 3. The van der Waals surface area contributed by atoms with E-state index in [4.69, 9.17) is 17.3 Å². The zero-order valence-corrected chi connectivity index (χ0v) is 14.5. The maximum atomic E-state index is 12.9. The fourth-order valence-corrected chi connectivity index (χ4v) is 3.18. The molecule has 1 amide bonds. The van der Waals surface area contributed by atoms with Crippen molar-refractivity contribution < 1.29 is 4.79 Å². The Morgan fingerprint density at radius 2 is 2.12 bits per heavy atom. The number of piperidine rings is 1. The summed E-state index contributed by atoms with van der Waals surface area (Å²) in [5.74, 6) is -0.0568. The lowest BCUT2D eigenvalue weighted by Gasteiger charge is -2.29. The van der Waals surface area contributed by atoms with E-state index in [2.05, 4.69) is 17.2 Å². The van der Waals surface area contributed by atoms with Gasteiger partial charge in [0.05, 0.1) is 11.4 Å². The van der Waals surface area contributed by atoms with Crippen LogP contribution in [-0.2, 0) is 6.42 Å². The quantitative estimate of drug-likeness (QED) is 0.921. The molecular formula is C17H22ClN5O. The zero-order chi connectivity index (χ0) is 17.1. The van der Waals surface area contributed by atoms with Gasteiger partial charge in [-0.3, -0.25) is 4.79 Å². The summed E-state index contributed by atoms with van der Waals surface area (Å²) in [6.07, 6.45) is 3.29. The molecule has 7 heteroatoms. The van der Waals surface area contributed by atoms with Crippen molar-refractivity contribution in [2.75, 3.05) is 13.1 Å². The first kappa shape index (κ1) is 16.9. The van der Waals surface area contributed by atoms with Crippen molar-refractivity contribution in [2.45, 2.75) is 38.6 Å². The summed E-state index contributed by atoms with van der Waals surface area (Å²) < 4.78 is 1.72. The lowest BCUT2D eigenvalue weighted by atomic mass is 10.1. The number of rotatable bonds is 4. The van der Waals surface area contributed by atoms with Crippen LogP contribution in [0.25, 0.3) is 5.69 Å². The Morgan fingerprint density at radius 3 is 2.79 bits per heavy atom. The van der Waals surface area contributed by atoms with Crippen LogP contribution < -0.4 is 5.73 Å². The number of amides is 1. The Kier molecular flexibility index (Phi) is 5.16. The maximum absolute atomic E-state index is 12.9. The molecule has 2 aromatic rings. The monoisotopic (exact) mass is 347 g/mol. The van der Waals surface area contributed by atoms with Crippen LogP contribution in [0, 0.1) is 0 Å². The van der Waals surface area contributed by atoms with Crippen LogP contribution in [0.1, 0.15) is 42.4 Å². The van der Waals surface area contributed by atoms with E-state index in [1.807, 2.05) is 29.2 Å². The Hall–Kier alpha value is -1.92. The van der Waals surface area contributed by atoms with Gasteiger partial charge in [0, 0.05) is 24.2 Å². The predicted molar refractivity (Wildman–Crippen MR) is 93.5 cm³/mol. The minimum atomic E-state index is -0.0568. The van der Waals surface area contributed by atoms with Gasteiger partial charge in [-0.1, -0.05) is 36.2 Å². The van der Waals surface area contributed by atoms with E-state index >= 15 is 0 Å². The number of carbonyl (C=O) groups excluding carboxylic acids is 1. The Morgan fingerprint density at radius 1 is 1.38 bits per heavy atom. The first-order chi connectivity index (χ1) is 11.6. The summed E-state index contributed by atoms with van der Waals surface area (Å²) in [6.45, 7) is 3.43. The van der Waals surface area contributed by atoms with Gasteiger partial charge in [-0.2, -0.15) is 0 Å². The van der Waals surface area contributed by atoms with Crippen molar-refractivity contribution in [2.24, 2.45) is 5.73 Å². The molecule has 0 spiro atoms. The molecule has 0 bridgehead atoms. The highest BCUT2D eigenvalue weighted by Crippen LogP contribution is 2.20. The molecule has 2 N–H and O–H groups in total. The molecule has 1 saturated heterocycles. The van der Waals surface area contributed by atoms with Crippen molar-refractivity contribution in [3.63, 3.8) is 0 Å². The topological polar surface area (TPSA) is 77.0 Å². The molecule has 24 heavy (non-hydrogen) atoms. The highest BCUT2D eigenvalue weighted by atomic mass is 35.5. The van der Waals surface area contributed by atoms with Gasteiger partial charge in [-0.25, -0.2) is 4.68 Å². The second-order valence-electron chi connectivity index (χ2n) is 6.16. The van der Waals surface area contributed by atoms with Gasteiger partial charge >= 0.3 is 0 Å². The molecule has 0 aliphatic carbocycles. The lowest BCUT2D eigenvalue weighted by Crippen LogP contribution is -2.43. The Bertz CT molecular complexity index is 722. The van der Waals surface area contributed by atoms with Gasteiger partial charge in [-0.15, -0.1) is 5.10 Å². The van der Waals surface area contributed by atoms with E-state index in [-0.39, 0.29) is 11.9 Å². The number of nitrogens with zero attached hydrogens (tertiary/aromatic N) is 4. The minimum Gasteiger partial charge on any atom is -0.337 e. The van der Waals surface area contributed by atoms with Crippen LogP contribution in [0.5, 0.6) is 0 Å². The lowest BCUT2D eigenvalue weighted by molar-refractivity contribution is 0.0707. The maximum Gasteiger partial charge on any atom is 0.276 e. The molecule has 0 atom stereocenters. The molecule has 1 aromatic carbocycles. The van der Waals surface area contributed by atoms with Crippen molar-refractivity contribution in [3.8, 4) is 5.69 Å². The van der Waals surface area contributed by atoms with Crippen LogP contribution >= 0.6 is 11.6 Å². The van der Waals surface area contributed by atoms with Crippen LogP contribution in [0.2, 0.25) is 5.02 Å². The standard InChI is InChI=1S/C17H22ClN5O/c1-2-4-15-16(17(24)22-9-7-13(19)8-10-22)20-21-23(15)14-6-3-5-12(18)11-14/h3,5-6,11,13H,2,4,7-10,19H2,1H3. The van der Waals surface area contributed by atoms with Gasteiger partial charge < -0.3 is 10.6 Å². The van der Waals surface area contributed by atoms with Crippen LogP contribution in [-0.4, -0.2) is 44.9 Å². The molecule has 1 fully saturated rings. The molecule has 0 radical (unpaired) electrons. The summed E-state index contributed by atoms with van der Waals surface area (Å²) >= 11 is 6.08.